The highest BCUT2D eigenvalue weighted by molar-refractivity contribution is 5.94. The molecule has 4 aliphatic carbocycles. The van der Waals surface area contributed by atoms with E-state index >= 15 is 0 Å². The molecule has 3 saturated carbocycles. The molecule has 4 rings (SSSR count). The minimum absolute atomic E-state index is 0. The molecule has 0 aliphatic heterocycles. The molecule has 6 atom stereocenters. The van der Waals surface area contributed by atoms with Crippen LogP contribution in [0.25, 0.3) is 0 Å². The Bertz CT molecular complexity index is 734. The highest BCUT2D eigenvalue weighted by Crippen LogP contribution is 2.66. The zero-order valence-electron chi connectivity index (χ0n) is 16.1. The number of nitrogens with two attached hydrogens (primary N) is 1. The number of allylic oxidation sites excluding steroid dienone is 1. The first-order chi connectivity index (χ1) is 12.2. The van der Waals surface area contributed by atoms with Gasteiger partial charge in [0.15, 0.2) is 11.6 Å². The number of fused-ring (bicyclic) bond motifs is 5. The molecule has 0 aromatic carbocycles. The van der Waals surface area contributed by atoms with Crippen molar-refractivity contribution in [1.29, 1.82) is 0 Å². The van der Waals surface area contributed by atoms with Gasteiger partial charge in [0.2, 0.25) is 0 Å². The number of hydrogen-bond acceptors (Lipinski definition) is 5. The van der Waals surface area contributed by atoms with Crippen LogP contribution in [0.4, 0.5) is 0 Å². The highest BCUT2D eigenvalue weighted by Gasteiger charge is 2.68. The van der Waals surface area contributed by atoms with E-state index in [9.17, 15) is 19.5 Å². The highest BCUT2D eigenvalue weighted by atomic mass is 35.5. The van der Waals surface area contributed by atoms with Gasteiger partial charge in [0.25, 0.3) is 0 Å². The average Bonchev–Trinajstić information content (AvgIpc) is 2.86. The molecule has 0 aromatic heterocycles. The van der Waals surface area contributed by atoms with Gasteiger partial charge < -0.3 is 10.8 Å². The van der Waals surface area contributed by atoms with Gasteiger partial charge >= 0.3 is 0 Å². The fourth-order valence-electron chi connectivity index (χ4n) is 7.01. The third-order valence-electron chi connectivity index (χ3n) is 8.45. The van der Waals surface area contributed by atoms with E-state index < -0.39 is 11.0 Å². The molecule has 3 fully saturated rings. The average molecular weight is 396 g/mol. The summed E-state index contributed by atoms with van der Waals surface area (Å²) >= 11 is 0. The van der Waals surface area contributed by atoms with Gasteiger partial charge in [-0.25, -0.2) is 0 Å². The van der Waals surface area contributed by atoms with Crippen molar-refractivity contribution in [2.45, 2.75) is 64.4 Å². The van der Waals surface area contributed by atoms with E-state index in [0.29, 0.717) is 12.8 Å². The normalized spacial score (nSPS) is 45.9. The zero-order valence-corrected chi connectivity index (χ0v) is 16.9. The number of ketones is 3. The van der Waals surface area contributed by atoms with E-state index in [1.165, 1.54) is 0 Å². The number of carbonyl (C=O) groups excluding carboxylic acids is 3. The maximum atomic E-state index is 13.4. The van der Waals surface area contributed by atoms with Gasteiger partial charge in [0, 0.05) is 24.2 Å². The Morgan fingerprint density at radius 3 is 2.59 bits per heavy atom. The summed E-state index contributed by atoms with van der Waals surface area (Å²) in [7, 11) is 0. The molecule has 5 nitrogen and oxygen atoms in total. The lowest BCUT2D eigenvalue weighted by molar-refractivity contribution is -0.168. The van der Waals surface area contributed by atoms with Crippen LogP contribution in [0.1, 0.15) is 58.8 Å². The van der Waals surface area contributed by atoms with Crippen LogP contribution in [-0.2, 0) is 14.4 Å². The molecule has 4 aliphatic rings. The molecule has 0 saturated heterocycles. The predicted molar refractivity (Wildman–Crippen MR) is 103 cm³/mol. The van der Waals surface area contributed by atoms with Gasteiger partial charge in [-0.15, -0.1) is 12.4 Å². The van der Waals surface area contributed by atoms with Gasteiger partial charge in [-0.3, -0.25) is 14.4 Å². The Morgan fingerprint density at radius 2 is 1.93 bits per heavy atom. The summed E-state index contributed by atoms with van der Waals surface area (Å²) in [5.41, 5.74) is 4.27. The molecule has 0 aromatic rings. The Morgan fingerprint density at radius 1 is 1.22 bits per heavy atom. The van der Waals surface area contributed by atoms with Gasteiger partial charge in [-0.05, 0) is 55.4 Å². The van der Waals surface area contributed by atoms with Crippen LogP contribution >= 0.6 is 12.4 Å². The lowest BCUT2D eigenvalue weighted by Crippen LogP contribution is -2.61. The summed E-state index contributed by atoms with van der Waals surface area (Å²) < 4.78 is 0. The third kappa shape index (κ3) is 2.54. The number of carbonyl (C=O) groups is 3. The number of aliphatic hydroxyl groups is 1. The molecule has 0 heterocycles. The summed E-state index contributed by atoms with van der Waals surface area (Å²) in [5, 5.41) is 11.2. The number of hydrogen-bond donors (Lipinski definition) is 2. The largest absolute Gasteiger partial charge is 0.381 e. The van der Waals surface area contributed by atoms with Crippen LogP contribution in [0.3, 0.4) is 0 Å². The summed E-state index contributed by atoms with van der Waals surface area (Å²) in [5.74, 6) is 0.232. The molecule has 0 unspecified atom stereocenters. The number of Topliss-reactive ketones (excluding diaryl/α,β-unsaturated/α-hetero) is 2. The van der Waals surface area contributed by atoms with Crippen LogP contribution < -0.4 is 5.73 Å². The van der Waals surface area contributed by atoms with E-state index in [2.05, 4.69) is 6.92 Å². The number of halogens is 1. The van der Waals surface area contributed by atoms with E-state index in [-0.39, 0.29) is 65.9 Å². The lowest BCUT2D eigenvalue weighted by atomic mass is 9.46. The quantitative estimate of drug-likeness (QED) is 0.748. The van der Waals surface area contributed by atoms with Crippen molar-refractivity contribution in [2.24, 2.45) is 34.3 Å². The fourth-order valence-corrected chi connectivity index (χ4v) is 7.01. The van der Waals surface area contributed by atoms with Crippen molar-refractivity contribution in [3.63, 3.8) is 0 Å². The fraction of sp³-hybridized carbons (Fsp3) is 0.762. The van der Waals surface area contributed by atoms with Gasteiger partial charge in [-0.1, -0.05) is 19.4 Å². The Hall–Kier alpha value is -1.04. The molecule has 3 N–H and O–H groups in total. The van der Waals surface area contributed by atoms with Crippen LogP contribution in [0.5, 0.6) is 0 Å². The summed E-state index contributed by atoms with van der Waals surface area (Å²) in [6, 6.07) is 0. The van der Waals surface area contributed by atoms with Gasteiger partial charge in [0.1, 0.15) is 11.4 Å². The molecule has 6 heteroatoms. The van der Waals surface area contributed by atoms with Crippen LogP contribution in [0.2, 0.25) is 0 Å². The lowest BCUT2D eigenvalue weighted by Gasteiger charge is -2.57. The minimum Gasteiger partial charge on any atom is -0.381 e. The van der Waals surface area contributed by atoms with Crippen LogP contribution in [0, 0.1) is 28.6 Å². The second-order valence-electron chi connectivity index (χ2n) is 9.43. The van der Waals surface area contributed by atoms with E-state index in [0.717, 1.165) is 31.3 Å². The van der Waals surface area contributed by atoms with Crippen molar-refractivity contribution < 1.29 is 19.5 Å². The molecule has 0 spiro atoms. The molecular weight excluding hydrogens is 366 g/mol. The van der Waals surface area contributed by atoms with Crippen molar-refractivity contribution in [3.8, 4) is 0 Å². The van der Waals surface area contributed by atoms with Gasteiger partial charge in [-0.2, -0.15) is 0 Å². The Kier molecular flexibility index (Phi) is 4.98. The topological polar surface area (TPSA) is 97.5 Å². The first-order valence-corrected chi connectivity index (χ1v) is 9.90. The first-order valence-electron chi connectivity index (χ1n) is 9.90. The van der Waals surface area contributed by atoms with Crippen LogP contribution in [0.15, 0.2) is 11.6 Å². The summed E-state index contributed by atoms with van der Waals surface area (Å²) in [6.45, 7) is 3.88. The monoisotopic (exact) mass is 395 g/mol. The summed E-state index contributed by atoms with van der Waals surface area (Å²) in [4.78, 5) is 37.7. The van der Waals surface area contributed by atoms with E-state index in [4.69, 9.17) is 5.73 Å². The smallest absolute Gasteiger partial charge is 0.178 e. The van der Waals surface area contributed by atoms with E-state index in [1.807, 2.05) is 6.92 Å². The molecule has 150 valence electrons. The Balaban J connectivity index is 0.00000210. The predicted octanol–water partition coefficient (Wildman–Crippen LogP) is 2.38. The summed E-state index contributed by atoms with van der Waals surface area (Å²) in [6.07, 6.45) is 6.13. The Labute approximate surface area is 166 Å². The minimum atomic E-state index is -1.48. The number of rotatable bonds is 2. The van der Waals surface area contributed by atoms with Crippen molar-refractivity contribution in [3.05, 3.63) is 11.6 Å². The van der Waals surface area contributed by atoms with Crippen molar-refractivity contribution in [2.75, 3.05) is 6.54 Å². The molecular formula is C21H30ClNO4. The molecule has 0 amide bonds. The van der Waals surface area contributed by atoms with Crippen molar-refractivity contribution in [1.82, 2.24) is 0 Å². The van der Waals surface area contributed by atoms with Gasteiger partial charge in [0.05, 0.1) is 6.54 Å². The third-order valence-corrected chi connectivity index (χ3v) is 8.45. The van der Waals surface area contributed by atoms with E-state index in [1.54, 1.807) is 6.08 Å². The van der Waals surface area contributed by atoms with Crippen molar-refractivity contribution >= 4 is 29.8 Å². The second-order valence-corrected chi connectivity index (χ2v) is 9.43. The molecule has 0 bridgehead atoms. The first kappa shape index (κ1) is 20.7. The zero-order chi connectivity index (χ0) is 18.9. The van der Waals surface area contributed by atoms with Crippen LogP contribution in [-0.4, -0.2) is 34.6 Å². The standard InChI is InChI=1S/C21H29NO4.ClH/c1-19-7-5-13(23)9-12(19)3-4-14-15-6-8-21(26,17(25)11-22)20(15,2)10-16(24)18(14)19;/h9,14-15,18,26H,3-8,10-11,22H2,1-2H3;1H/t14-,15-,18+,19-,20-,21-;/m0./s1. The maximum absolute atomic E-state index is 13.4. The SMILES string of the molecule is C[C@]12CCC(=O)C=C1CC[C@@H]1[C@@H]2C(=O)C[C@@]2(C)[C@H]1CC[C@]2(O)C(=O)CN.Cl. The second kappa shape index (κ2) is 6.50. The maximum Gasteiger partial charge on any atom is 0.178 e. The molecule has 27 heavy (non-hydrogen) atoms. The molecule has 0 radical (unpaired) electrons.